The van der Waals surface area contributed by atoms with Gasteiger partial charge in [0.25, 0.3) is 0 Å². The average molecular weight is 215 g/mol. The van der Waals surface area contributed by atoms with Gasteiger partial charge in [0.15, 0.2) is 0 Å². The largest absolute Gasteiger partial charge is 0.361 e. The molecule has 2 rings (SSSR count). The van der Waals surface area contributed by atoms with E-state index in [4.69, 9.17) is 4.52 Å². The number of carbonyl (C=O) groups excluding carboxylic acids is 1. The van der Waals surface area contributed by atoms with E-state index in [1.807, 2.05) is 24.3 Å². The van der Waals surface area contributed by atoms with Crippen molar-refractivity contribution in [3.8, 4) is 0 Å². The number of hydrogen-bond donors (Lipinski definition) is 0. The molecule has 16 heavy (non-hydrogen) atoms. The highest BCUT2D eigenvalue weighted by Gasteiger charge is 2.15. The van der Waals surface area contributed by atoms with E-state index < -0.39 is 0 Å². The van der Waals surface area contributed by atoms with E-state index >= 15 is 0 Å². The van der Waals surface area contributed by atoms with Crippen molar-refractivity contribution in [2.45, 2.75) is 18.8 Å². The van der Waals surface area contributed by atoms with Crippen LogP contribution in [0.3, 0.4) is 0 Å². The van der Waals surface area contributed by atoms with Gasteiger partial charge in [0.1, 0.15) is 12.0 Å². The fraction of sp³-hybridized carbons (Fsp3) is 0.231. The number of rotatable bonds is 4. The van der Waals surface area contributed by atoms with E-state index in [-0.39, 0.29) is 5.92 Å². The first-order chi connectivity index (χ1) is 7.83. The zero-order valence-corrected chi connectivity index (χ0v) is 8.93. The van der Waals surface area contributed by atoms with Gasteiger partial charge in [0.05, 0.1) is 5.69 Å². The Morgan fingerprint density at radius 2 is 2.50 bits per heavy atom. The van der Waals surface area contributed by atoms with Crippen LogP contribution in [0.25, 0.3) is 0 Å². The molecule has 1 atom stereocenters. The third kappa shape index (κ3) is 2.19. The molecule has 0 aliphatic heterocycles. The SMILES string of the molecule is C=CCc1cc(C2C=CC(C=O)=CC2)no1. The predicted octanol–water partition coefficient (Wildman–Crippen LogP) is 2.57. The smallest absolute Gasteiger partial charge is 0.149 e. The Bertz CT molecular complexity index is 454. The molecular formula is C13H13NO2. The number of allylic oxidation sites excluding steroid dienone is 5. The third-order valence-corrected chi connectivity index (χ3v) is 2.57. The molecule has 0 fully saturated rings. The number of hydrogen-bond acceptors (Lipinski definition) is 3. The normalized spacial score (nSPS) is 19.2. The van der Waals surface area contributed by atoms with E-state index in [9.17, 15) is 4.79 Å². The predicted molar refractivity (Wildman–Crippen MR) is 61.0 cm³/mol. The van der Waals surface area contributed by atoms with Crippen molar-refractivity contribution in [1.29, 1.82) is 0 Å². The lowest BCUT2D eigenvalue weighted by atomic mass is 9.94. The molecule has 1 aromatic heterocycles. The zero-order chi connectivity index (χ0) is 11.4. The van der Waals surface area contributed by atoms with Crippen LogP contribution in [-0.2, 0) is 11.2 Å². The minimum absolute atomic E-state index is 0.214. The average Bonchev–Trinajstić information content (AvgIpc) is 2.78. The zero-order valence-electron chi connectivity index (χ0n) is 8.93. The maximum absolute atomic E-state index is 10.5. The first kappa shape index (κ1) is 10.6. The molecule has 0 saturated heterocycles. The van der Waals surface area contributed by atoms with E-state index in [0.717, 1.165) is 29.7 Å². The van der Waals surface area contributed by atoms with Gasteiger partial charge in [-0.1, -0.05) is 29.5 Å². The molecule has 0 bridgehead atoms. The lowest BCUT2D eigenvalue weighted by Crippen LogP contribution is -1.99. The van der Waals surface area contributed by atoms with Crippen LogP contribution in [0.5, 0.6) is 0 Å². The standard InChI is InChI=1S/C13H13NO2/c1-2-3-12-8-13(14-16-12)11-6-4-10(9-15)5-7-11/h2,4-6,8-9,11H,1,3,7H2. The van der Waals surface area contributed by atoms with Gasteiger partial charge >= 0.3 is 0 Å². The highest BCUT2D eigenvalue weighted by Crippen LogP contribution is 2.26. The molecule has 3 heteroatoms. The summed E-state index contributed by atoms with van der Waals surface area (Å²) in [6, 6.07) is 1.94. The number of aldehydes is 1. The van der Waals surface area contributed by atoms with Crippen LogP contribution < -0.4 is 0 Å². The van der Waals surface area contributed by atoms with Crippen LogP contribution in [-0.4, -0.2) is 11.4 Å². The molecule has 0 radical (unpaired) electrons. The molecule has 3 nitrogen and oxygen atoms in total. The summed E-state index contributed by atoms with van der Waals surface area (Å²) in [5, 5.41) is 4.02. The van der Waals surface area contributed by atoms with Gasteiger partial charge in [0.2, 0.25) is 0 Å². The van der Waals surface area contributed by atoms with Crippen molar-refractivity contribution in [2.75, 3.05) is 0 Å². The van der Waals surface area contributed by atoms with Crippen molar-refractivity contribution in [1.82, 2.24) is 5.16 Å². The molecule has 1 heterocycles. The van der Waals surface area contributed by atoms with E-state index in [0.29, 0.717) is 6.42 Å². The van der Waals surface area contributed by atoms with Gasteiger partial charge < -0.3 is 4.52 Å². The molecule has 1 aromatic rings. The summed E-state index contributed by atoms with van der Waals surface area (Å²) < 4.78 is 5.17. The second-order valence-electron chi connectivity index (χ2n) is 3.73. The number of carbonyl (C=O) groups is 1. The summed E-state index contributed by atoms with van der Waals surface area (Å²) in [6.07, 6.45) is 9.86. The first-order valence-electron chi connectivity index (χ1n) is 5.23. The Morgan fingerprint density at radius 3 is 3.12 bits per heavy atom. The lowest BCUT2D eigenvalue weighted by molar-refractivity contribution is -0.104. The first-order valence-corrected chi connectivity index (χ1v) is 5.23. The van der Waals surface area contributed by atoms with E-state index in [2.05, 4.69) is 11.7 Å². The van der Waals surface area contributed by atoms with Crippen molar-refractivity contribution < 1.29 is 9.32 Å². The van der Waals surface area contributed by atoms with Crippen molar-refractivity contribution in [2.24, 2.45) is 0 Å². The Kier molecular flexibility index (Phi) is 3.15. The number of nitrogens with zero attached hydrogens (tertiary/aromatic N) is 1. The Morgan fingerprint density at radius 1 is 1.62 bits per heavy atom. The summed E-state index contributed by atoms with van der Waals surface area (Å²) in [5.74, 6) is 1.04. The molecule has 0 aromatic carbocycles. The van der Waals surface area contributed by atoms with Crippen molar-refractivity contribution in [3.05, 3.63) is 54.0 Å². The number of aromatic nitrogens is 1. The Hall–Kier alpha value is -1.90. The van der Waals surface area contributed by atoms with Gasteiger partial charge in [-0.2, -0.15) is 0 Å². The van der Waals surface area contributed by atoms with Gasteiger partial charge in [-0.3, -0.25) is 4.79 Å². The van der Waals surface area contributed by atoms with Crippen LogP contribution in [0.15, 0.2) is 47.0 Å². The van der Waals surface area contributed by atoms with Crippen LogP contribution in [0.1, 0.15) is 23.8 Å². The maximum atomic E-state index is 10.5. The topological polar surface area (TPSA) is 43.1 Å². The van der Waals surface area contributed by atoms with Crippen molar-refractivity contribution >= 4 is 6.29 Å². The second-order valence-corrected chi connectivity index (χ2v) is 3.73. The molecule has 1 unspecified atom stereocenters. The summed E-state index contributed by atoms with van der Waals surface area (Å²) in [6.45, 7) is 3.65. The van der Waals surface area contributed by atoms with E-state index in [1.54, 1.807) is 6.08 Å². The van der Waals surface area contributed by atoms with Crippen LogP contribution in [0.2, 0.25) is 0 Å². The molecule has 1 aliphatic rings. The van der Waals surface area contributed by atoms with Crippen LogP contribution in [0.4, 0.5) is 0 Å². The Balaban J connectivity index is 2.09. The molecule has 0 spiro atoms. The lowest BCUT2D eigenvalue weighted by Gasteiger charge is -2.10. The Labute approximate surface area is 94.1 Å². The second kappa shape index (κ2) is 4.75. The van der Waals surface area contributed by atoms with Gasteiger partial charge in [-0.05, 0) is 6.42 Å². The summed E-state index contributed by atoms with van der Waals surface area (Å²) in [5.41, 5.74) is 1.64. The molecular weight excluding hydrogens is 202 g/mol. The van der Waals surface area contributed by atoms with Crippen molar-refractivity contribution in [3.63, 3.8) is 0 Å². The van der Waals surface area contributed by atoms with Gasteiger partial charge in [-0.15, -0.1) is 6.58 Å². The molecule has 0 amide bonds. The highest BCUT2D eigenvalue weighted by atomic mass is 16.5. The fourth-order valence-electron chi connectivity index (χ4n) is 1.69. The fourth-order valence-corrected chi connectivity index (χ4v) is 1.69. The summed E-state index contributed by atoms with van der Waals surface area (Å²) >= 11 is 0. The van der Waals surface area contributed by atoms with E-state index in [1.165, 1.54) is 0 Å². The van der Waals surface area contributed by atoms with Gasteiger partial charge in [0, 0.05) is 24.0 Å². The molecule has 82 valence electrons. The maximum Gasteiger partial charge on any atom is 0.149 e. The molecule has 1 aliphatic carbocycles. The van der Waals surface area contributed by atoms with Crippen LogP contribution >= 0.6 is 0 Å². The minimum atomic E-state index is 0.214. The highest BCUT2D eigenvalue weighted by molar-refractivity contribution is 5.77. The molecule has 0 N–H and O–H groups in total. The monoisotopic (exact) mass is 215 g/mol. The summed E-state index contributed by atoms with van der Waals surface area (Å²) in [4.78, 5) is 10.5. The minimum Gasteiger partial charge on any atom is -0.361 e. The summed E-state index contributed by atoms with van der Waals surface area (Å²) in [7, 11) is 0. The quantitative estimate of drug-likeness (QED) is 0.572. The third-order valence-electron chi connectivity index (χ3n) is 2.57. The van der Waals surface area contributed by atoms with Crippen LogP contribution in [0, 0.1) is 0 Å². The van der Waals surface area contributed by atoms with Gasteiger partial charge in [-0.25, -0.2) is 0 Å². The molecule has 0 saturated carbocycles.